The van der Waals surface area contributed by atoms with E-state index in [2.05, 4.69) is 104 Å². The molecule has 5 heteroatoms. The largest absolute Gasteiger partial charge is 0.454 e. The number of carbonyl (C=O) groups is 1. The number of ketones is 1. The van der Waals surface area contributed by atoms with Gasteiger partial charge in [0.1, 0.15) is 0 Å². The summed E-state index contributed by atoms with van der Waals surface area (Å²) in [4.78, 5) is 13.6. The first-order chi connectivity index (χ1) is 19.8. The molecule has 5 nitrogen and oxygen atoms in total. The second-order valence-corrected chi connectivity index (χ2v) is 13.9. The molecule has 1 aliphatic rings. The van der Waals surface area contributed by atoms with E-state index in [4.69, 9.17) is 18.9 Å². The lowest BCUT2D eigenvalue weighted by Crippen LogP contribution is -2.31. The van der Waals surface area contributed by atoms with Crippen LogP contribution in [-0.4, -0.2) is 32.1 Å². The zero-order chi connectivity index (χ0) is 30.5. The number of carbonyl (C=O) groups excluding carboxylic acids is 1. The second kappa shape index (κ2) is 13.4. The minimum absolute atomic E-state index is 0.125. The molecule has 3 aromatic rings. The highest BCUT2D eigenvalue weighted by molar-refractivity contribution is 5.99. The van der Waals surface area contributed by atoms with Crippen molar-refractivity contribution in [3.05, 3.63) is 94.5 Å². The summed E-state index contributed by atoms with van der Waals surface area (Å²) in [6.07, 6.45) is 0.717. The van der Waals surface area contributed by atoms with Gasteiger partial charge in [0.2, 0.25) is 18.9 Å². The van der Waals surface area contributed by atoms with Gasteiger partial charge in [-0.3, -0.25) is 4.79 Å². The Morgan fingerprint density at radius 1 is 0.690 bits per heavy atom. The average Bonchev–Trinajstić information content (AvgIpc) is 3.40. The van der Waals surface area contributed by atoms with E-state index in [-0.39, 0.29) is 35.2 Å². The van der Waals surface area contributed by atoms with Crippen molar-refractivity contribution in [1.82, 2.24) is 0 Å². The third kappa shape index (κ3) is 8.68. The Morgan fingerprint density at radius 3 is 1.60 bits per heavy atom. The molecule has 4 rings (SSSR count). The molecule has 0 spiro atoms. The van der Waals surface area contributed by atoms with Crippen molar-refractivity contribution in [2.24, 2.45) is 11.8 Å². The van der Waals surface area contributed by atoms with E-state index in [1.165, 1.54) is 22.3 Å². The highest BCUT2D eigenvalue weighted by Crippen LogP contribution is 2.33. The Labute approximate surface area is 252 Å². The van der Waals surface area contributed by atoms with Gasteiger partial charge in [-0.05, 0) is 76.0 Å². The Bertz CT molecular complexity index is 1240. The maximum Gasteiger partial charge on any atom is 0.231 e. The Kier molecular flexibility index (Phi) is 10.2. The van der Waals surface area contributed by atoms with E-state index in [1.54, 1.807) is 18.2 Å². The quantitative estimate of drug-likeness (QED) is 0.161. The fourth-order valence-corrected chi connectivity index (χ4v) is 5.09. The van der Waals surface area contributed by atoms with Crippen LogP contribution in [0.15, 0.2) is 66.7 Å². The van der Waals surface area contributed by atoms with Crippen molar-refractivity contribution in [1.29, 1.82) is 0 Å². The van der Waals surface area contributed by atoms with Crippen molar-refractivity contribution < 1.29 is 23.7 Å². The van der Waals surface area contributed by atoms with Crippen LogP contribution in [0.4, 0.5) is 0 Å². The van der Waals surface area contributed by atoms with Crippen LogP contribution in [0.25, 0.3) is 0 Å². The number of rotatable bonds is 12. The smallest absolute Gasteiger partial charge is 0.231 e. The Balaban J connectivity index is 1.39. The summed E-state index contributed by atoms with van der Waals surface area (Å²) in [5, 5.41) is 0. The summed E-state index contributed by atoms with van der Waals surface area (Å²) in [7, 11) is 0. The van der Waals surface area contributed by atoms with Crippen molar-refractivity contribution in [3.8, 4) is 11.5 Å². The summed E-state index contributed by atoms with van der Waals surface area (Å²) in [5.41, 5.74) is 5.88. The maximum absolute atomic E-state index is 13.6. The summed E-state index contributed by atoms with van der Waals surface area (Å²) >= 11 is 0. The van der Waals surface area contributed by atoms with Crippen LogP contribution in [0.1, 0.15) is 88.0 Å². The normalized spacial score (nSPS) is 15.3. The minimum Gasteiger partial charge on any atom is -0.454 e. The van der Waals surface area contributed by atoms with E-state index in [1.807, 2.05) is 0 Å². The van der Waals surface area contributed by atoms with E-state index >= 15 is 0 Å². The Hall–Kier alpha value is -3.15. The average molecular weight is 573 g/mol. The number of benzene rings is 3. The molecule has 0 aromatic heterocycles. The Morgan fingerprint density at radius 2 is 1.14 bits per heavy atom. The third-order valence-electron chi connectivity index (χ3n) is 7.74. The first-order valence-electron chi connectivity index (χ1n) is 15.2. The molecule has 226 valence electrons. The first kappa shape index (κ1) is 31.8. The fraction of sp³-hybridized carbons (Fsp3) is 0.486. The van der Waals surface area contributed by atoms with Crippen LogP contribution in [0, 0.1) is 11.8 Å². The first-order valence-corrected chi connectivity index (χ1v) is 15.2. The molecule has 42 heavy (non-hydrogen) atoms. The SMILES string of the molecule is CC(COC(OCC(C)Cc1ccc(C(C)(C)C)cc1)C(=O)c1ccc2c(c1)OCO2)Cc1ccc(C(C)(C)C)cc1. The highest BCUT2D eigenvalue weighted by atomic mass is 16.7. The van der Waals surface area contributed by atoms with Crippen molar-refractivity contribution in [3.63, 3.8) is 0 Å². The van der Waals surface area contributed by atoms with Gasteiger partial charge in [0.15, 0.2) is 11.5 Å². The van der Waals surface area contributed by atoms with Crippen LogP contribution >= 0.6 is 0 Å². The number of hydrogen-bond donors (Lipinski definition) is 0. The zero-order valence-corrected chi connectivity index (χ0v) is 26.7. The van der Waals surface area contributed by atoms with E-state index in [9.17, 15) is 4.79 Å². The van der Waals surface area contributed by atoms with Gasteiger partial charge in [0, 0.05) is 5.56 Å². The number of ether oxygens (including phenoxy) is 4. The van der Waals surface area contributed by atoms with Crippen LogP contribution in [0.3, 0.4) is 0 Å². The van der Waals surface area contributed by atoms with Gasteiger partial charge in [-0.1, -0.05) is 104 Å². The summed E-state index contributed by atoms with van der Waals surface area (Å²) < 4.78 is 23.3. The molecule has 1 aliphatic heterocycles. The van der Waals surface area contributed by atoms with Crippen LogP contribution in [0.2, 0.25) is 0 Å². The summed E-state index contributed by atoms with van der Waals surface area (Å²) in [5.74, 6) is 1.41. The van der Waals surface area contributed by atoms with E-state index in [0.29, 0.717) is 30.3 Å². The van der Waals surface area contributed by atoms with Crippen LogP contribution < -0.4 is 9.47 Å². The molecule has 0 saturated carbocycles. The van der Waals surface area contributed by atoms with Gasteiger partial charge in [-0.25, -0.2) is 0 Å². The molecule has 2 atom stereocenters. The van der Waals surface area contributed by atoms with Gasteiger partial charge in [-0.2, -0.15) is 0 Å². The van der Waals surface area contributed by atoms with E-state index in [0.717, 1.165) is 12.8 Å². The molecule has 0 bridgehead atoms. The summed E-state index contributed by atoms with van der Waals surface area (Å²) in [6, 6.07) is 22.8. The lowest BCUT2D eigenvalue weighted by Gasteiger charge is -2.23. The topological polar surface area (TPSA) is 54.0 Å². The predicted molar refractivity (Wildman–Crippen MR) is 169 cm³/mol. The van der Waals surface area contributed by atoms with Crippen LogP contribution in [0.5, 0.6) is 11.5 Å². The third-order valence-corrected chi connectivity index (χ3v) is 7.74. The maximum atomic E-state index is 13.6. The predicted octanol–water partition coefficient (Wildman–Crippen LogP) is 8.31. The van der Waals surface area contributed by atoms with Gasteiger partial charge < -0.3 is 18.9 Å². The second-order valence-electron chi connectivity index (χ2n) is 13.9. The summed E-state index contributed by atoms with van der Waals surface area (Å²) in [6.45, 7) is 18.6. The van der Waals surface area contributed by atoms with Gasteiger partial charge >= 0.3 is 0 Å². The molecule has 1 heterocycles. The fourth-order valence-electron chi connectivity index (χ4n) is 5.09. The number of Topliss-reactive ketones (excluding diaryl/α,β-unsaturated/α-hetero) is 1. The molecule has 0 amide bonds. The van der Waals surface area contributed by atoms with Gasteiger partial charge in [0.05, 0.1) is 13.2 Å². The molecule has 2 unspecified atom stereocenters. The molecular formula is C37H48O5. The molecule has 0 saturated heterocycles. The molecule has 3 aromatic carbocycles. The van der Waals surface area contributed by atoms with Crippen molar-refractivity contribution in [2.45, 2.75) is 85.4 Å². The van der Waals surface area contributed by atoms with Crippen molar-refractivity contribution in [2.75, 3.05) is 20.0 Å². The van der Waals surface area contributed by atoms with E-state index < -0.39 is 6.29 Å². The molecule has 0 N–H and O–H groups in total. The molecular weight excluding hydrogens is 524 g/mol. The molecule has 0 radical (unpaired) electrons. The van der Waals surface area contributed by atoms with Gasteiger partial charge in [0.25, 0.3) is 0 Å². The highest BCUT2D eigenvalue weighted by Gasteiger charge is 2.26. The monoisotopic (exact) mass is 572 g/mol. The van der Waals surface area contributed by atoms with Gasteiger partial charge in [-0.15, -0.1) is 0 Å². The molecule has 0 aliphatic carbocycles. The number of hydrogen-bond acceptors (Lipinski definition) is 5. The number of fused-ring (bicyclic) bond motifs is 1. The minimum atomic E-state index is -0.998. The van der Waals surface area contributed by atoms with Crippen LogP contribution in [-0.2, 0) is 33.1 Å². The standard InChI is InChI=1S/C37H48O5/c1-25(19-27-9-14-30(15-10-27)36(3,4)5)22-39-35(34(38)29-13-18-32-33(21-29)42-24-41-32)40-23-26(2)20-28-11-16-31(17-12-28)37(6,7)8/h9-18,21,25-26,35H,19-20,22-24H2,1-8H3. The van der Waals surface area contributed by atoms with Crippen molar-refractivity contribution >= 4 is 5.78 Å². The zero-order valence-electron chi connectivity index (χ0n) is 26.7. The lowest BCUT2D eigenvalue weighted by atomic mass is 9.86. The lowest BCUT2D eigenvalue weighted by molar-refractivity contribution is -0.127. The molecule has 0 fully saturated rings.